The molecule has 0 aliphatic carbocycles. The third-order valence-corrected chi connectivity index (χ3v) is 4.19. The molecule has 0 spiro atoms. The molecule has 0 bridgehead atoms. The number of rotatable bonds is 4. The molecular weight excluding hydrogens is 236 g/mol. The Morgan fingerprint density at radius 1 is 1.37 bits per heavy atom. The van der Waals surface area contributed by atoms with Gasteiger partial charge in [0, 0.05) is 12.6 Å². The van der Waals surface area contributed by atoms with Crippen LogP contribution in [0.5, 0.6) is 5.75 Å². The van der Waals surface area contributed by atoms with Crippen LogP contribution in [0.1, 0.15) is 37.8 Å². The maximum atomic E-state index is 6.03. The van der Waals surface area contributed by atoms with E-state index in [1.807, 2.05) is 6.07 Å². The van der Waals surface area contributed by atoms with Crippen molar-refractivity contribution in [3.63, 3.8) is 0 Å². The summed E-state index contributed by atoms with van der Waals surface area (Å²) in [5.41, 5.74) is 7.30. The summed E-state index contributed by atoms with van der Waals surface area (Å²) >= 11 is 0. The van der Waals surface area contributed by atoms with Gasteiger partial charge in [0.1, 0.15) is 5.75 Å². The molecule has 2 unspecified atom stereocenters. The number of nitrogens with zero attached hydrogens (tertiary/aromatic N) is 1. The van der Waals surface area contributed by atoms with Crippen LogP contribution in [0, 0.1) is 5.92 Å². The third-order valence-electron chi connectivity index (χ3n) is 4.19. The molecule has 0 radical (unpaired) electrons. The molecule has 1 fully saturated rings. The predicted octanol–water partition coefficient (Wildman–Crippen LogP) is 2.82. The maximum Gasteiger partial charge on any atom is 0.119 e. The number of hydrogen-bond donors (Lipinski definition) is 1. The van der Waals surface area contributed by atoms with Gasteiger partial charge in [-0.15, -0.1) is 0 Å². The first-order valence-corrected chi connectivity index (χ1v) is 7.32. The van der Waals surface area contributed by atoms with Gasteiger partial charge in [0.05, 0.1) is 7.11 Å². The summed E-state index contributed by atoms with van der Waals surface area (Å²) in [6.07, 6.45) is 3.90. The minimum absolute atomic E-state index is 0.320. The smallest absolute Gasteiger partial charge is 0.119 e. The SMILES string of the molecule is COc1cccc(C(CN)N2CCCC(C)CC2)c1. The van der Waals surface area contributed by atoms with Crippen molar-refractivity contribution in [2.24, 2.45) is 11.7 Å². The zero-order valence-electron chi connectivity index (χ0n) is 12.1. The average molecular weight is 262 g/mol. The van der Waals surface area contributed by atoms with E-state index in [0.717, 1.165) is 24.8 Å². The minimum Gasteiger partial charge on any atom is -0.497 e. The number of ether oxygens (including phenoxy) is 1. The van der Waals surface area contributed by atoms with Crippen LogP contribution < -0.4 is 10.5 Å². The lowest BCUT2D eigenvalue weighted by molar-refractivity contribution is 0.207. The lowest BCUT2D eigenvalue weighted by Crippen LogP contribution is -2.34. The summed E-state index contributed by atoms with van der Waals surface area (Å²) in [5, 5.41) is 0. The van der Waals surface area contributed by atoms with Crippen LogP contribution in [-0.4, -0.2) is 31.6 Å². The molecule has 106 valence electrons. The molecule has 2 atom stereocenters. The van der Waals surface area contributed by atoms with Crippen molar-refractivity contribution in [1.82, 2.24) is 4.90 Å². The van der Waals surface area contributed by atoms with E-state index in [1.165, 1.54) is 24.8 Å². The highest BCUT2D eigenvalue weighted by Crippen LogP contribution is 2.27. The van der Waals surface area contributed by atoms with Gasteiger partial charge in [-0.3, -0.25) is 4.90 Å². The summed E-state index contributed by atoms with van der Waals surface area (Å²) in [4.78, 5) is 2.54. The first kappa shape index (κ1) is 14.4. The fourth-order valence-electron chi connectivity index (χ4n) is 2.94. The molecule has 1 aromatic rings. The van der Waals surface area contributed by atoms with E-state index in [-0.39, 0.29) is 0 Å². The Morgan fingerprint density at radius 3 is 2.95 bits per heavy atom. The van der Waals surface area contributed by atoms with E-state index in [0.29, 0.717) is 12.6 Å². The van der Waals surface area contributed by atoms with Gasteiger partial charge in [-0.05, 0) is 56.0 Å². The normalized spacial score (nSPS) is 22.8. The molecule has 2 N–H and O–H groups in total. The average Bonchev–Trinajstić information content (AvgIpc) is 2.65. The summed E-state index contributed by atoms with van der Waals surface area (Å²) in [6, 6.07) is 8.64. The highest BCUT2D eigenvalue weighted by atomic mass is 16.5. The standard InChI is InChI=1S/C16H26N2O/c1-13-5-4-9-18(10-8-13)16(12-17)14-6-3-7-15(11-14)19-2/h3,6-7,11,13,16H,4-5,8-10,12,17H2,1-2H3. The zero-order chi connectivity index (χ0) is 13.7. The Morgan fingerprint density at radius 2 is 2.21 bits per heavy atom. The topological polar surface area (TPSA) is 38.5 Å². The molecule has 0 aromatic heterocycles. The second kappa shape index (κ2) is 6.92. The van der Waals surface area contributed by atoms with Crippen LogP contribution in [0.3, 0.4) is 0 Å². The van der Waals surface area contributed by atoms with Crippen molar-refractivity contribution in [1.29, 1.82) is 0 Å². The quantitative estimate of drug-likeness (QED) is 0.907. The fraction of sp³-hybridized carbons (Fsp3) is 0.625. The largest absolute Gasteiger partial charge is 0.497 e. The van der Waals surface area contributed by atoms with Gasteiger partial charge in [-0.2, -0.15) is 0 Å². The molecule has 19 heavy (non-hydrogen) atoms. The van der Waals surface area contributed by atoms with Crippen molar-refractivity contribution < 1.29 is 4.74 Å². The number of hydrogen-bond acceptors (Lipinski definition) is 3. The van der Waals surface area contributed by atoms with Gasteiger partial charge >= 0.3 is 0 Å². The van der Waals surface area contributed by atoms with Crippen LogP contribution >= 0.6 is 0 Å². The van der Waals surface area contributed by atoms with Gasteiger partial charge < -0.3 is 10.5 Å². The summed E-state index contributed by atoms with van der Waals surface area (Å²) in [6.45, 7) is 5.33. The highest BCUT2D eigenvalue weighted by Gasteiger charge is 2.22. The maximum absolute atomic E-state index is 6.03. The second-order valence-corrected chi connectivity index (χ2v) is 5.60. The molecule has 1 aromatic carbocycles. The van der Waals surface area contributed by atoms with E-state index in [9.17, 15) is 0 Å². The Labute approximate surface area is 116 Å². The van der Waals surface area contributed by atoms with Crippen molar-refractivity contribution in [2.45, 2.75) is 32.2 Å². The van der Waals surface area contributed by atoms with Crippen molar-refractivity contribution >= 4 is 0 Å². The van der Waals surface area contributed by atoms with E-state index in [2.05, 4.69) is 30.0 Å². The van der Waals surface area contributed by atoms with Crippen LogP contribution in [-0.2, 0) is 0 Å². The first-order chi connectivity index (χ1) is 9.24. The zero-order valence-corrected chi connectivity index (χ0v) is 12.1. The second-order valence-electron chi connectivity index (χ2n) is 5.60. The minimum atomic E-state index is 0.320. The van der Waals surface area contributed by atoms with Crippen molar-refractivity contribution in [3.05, 3.63) is 29.8 Å². The third kappa shape index (κ3) is 3.71. The molecule has 1 aliphatic heterocycles. The number of benzene rings is 1. The predicted molar refractivity (Wildman–Crippen MR) is 79.4 cm³/mol. The Balaban J connectivity index is 2.13. The van der Waals surface area contributed by atoms with E-state index >= 15 is 0 Å². The summed E-state index contributed by atoms with van der Waals surface area (Å²) in [7, 11) is 1.71. The van der Waals surface area contributed by atoms with Crippen molar-refractivity contribution in [3.8, 4) is 5.75 Å². The molecule has 0 saturated carbocycles. The first-order valence-electron chi connectivity index (χ1n) is 7.32. The number of nitrogens with two attached hydrogens (primary N) is 1. The Hall–Kier alpha value is -1.06. The molecular formula is C16H26N2O. The molecule has 3 heteroatoms. The van der Waals surface area contributed by atoms with Crippen LogP contribution in [0.2, 0.25) is 0 Å². The molecule has 3 nitrogen and oxygen atoms in total. The Bertz CT molecular complexity index is 394. The van der Waals surface area contributed by atoms with Gasteiger partial charge in [0.15, 0.2) is 0 Å². The molecule has 1 heterocycles. The van der Waals surface area contributed by atoms with Gasteiger partial charge in [-0.25, -0.2) is 0 Å². The van der Waals surface area contributed by atoms with E-state index < -0.39 is 0 Å². The lowest BCUT2D eigenvalue weighted by atomic mass is 10.0. The summed E-state index contributed by atoms with van der Waals surface area (Å²) < 4.78 is 5.32. The number of likely N-dealkylation sites (tertiary alicyclic amines) is 1. The van der Waals surface area contributed by atoms with Crippen LogP contribution in [0.4, 0.5) is 0 Å². The molecule has 0 amide bonds. The van der Waals surface area contributed by atoms with Gasteiger partial charge in [-0.1, -0.05) is 19.1 Å². The molecule has 1 saturated heterocycles. The van der Waals surface area contributed by atoms with Crippen molar-refractivity contribution in [2.75, 3.05) is 26.7 Å². The Kier molecular flexibility index (Phi) is 5.23. The van der Waals surface area contributed by atoms with E-state index in [1.54, 1.807) is 7.11 Å². The van der Waals surface area contributed by atoms with Gasteiger partial charge in [0.2, 0.25) is 0 Å². The van der Waals surface area contributed by atoms with Crippen LogP contribution in [0.15, 0.2) is 24.3 Å². The monoisotopic (exact) mass is 262 g/mol. The van der Waals surface area contributed by atoms with Crippen LogP contribution in [0.25, 0.3) is 0 Å². The fourth-order valence-corrected chi connectivity index (χ4v) is 2.94. The van der Waals surface area contributed by atoms with E-state index in [4.69, 9.17) is 10.5 Å². The highest BCUT2D eigenvalue weighted by molar-refractivity contribution is 5.30. The number of methoxy groups -OCH3 is 1. The lowest BCUT2D eigenvalue weighted by Gasteiger charge is -2.30. The molecule has 1 aliphatic rings. The summed E-state index contributed by atoms with van der Waals surface area (Å²) in [5.74, 6) is 1.76. The van der Waals surface area contributed by atoms with Gasteiger partial charge in [0.25, 0.3) is 0 Å². The molecule has 2 rings (SSSR count).